The summed E-state index contributed by atoms with van der Waals surface area (Å²) in [6.45, 7) is 2.83. The smallest absolute Gasteiger partial charge is 0.132 e. The van der Waals surface area contributed by atoms with Crippen LogP contribution in [0.1, 0.15) is 30.8 Å². The summed E-state index contributed by atoms with van der Waals surface area (Å²) >= 11 is 3.52. The Morgan fingerprint density at radius 1 is 1.26 bits per heavy atom. The van der Waals surface area contributed by atoms with E-state index in [2.05, 4.69) is 34.2 Å². The first-order chi connectivity index (χ1) is 9.16. The molecule has 0 spiro atoms. The van der Waals surface area contributed by atoms with Crippen LogP contribution in [0.3, 0.4) is 0 Å². The van der Waals surface area contributed by atoms with Crippen molar-refractivity contribution >= 4 is 15.9 Å². The molecular weight excluding hydrogens is 306 g/mol. The Kier molecular flexibility index (Phi) is 5.19. The van der Waals surface area contributed by atoms with E-state index in [1.165, 1.54) is 5.56 Å². The first-order valence-electron chi connectivity index (χ1n) is 6.35. The van der Waals surface area contributed by atoms with Crippen LogP contribution in [0, 0.1) is 0 Å². The molecule has 0 fully saturated rings. The molecule has 0 aliphatic rings. The van der Waals surface area contributed by atoms with Crippen LogP contribution in [-0.4, -0.2) is 11.1 Å². The molecule has 0 radical (unpaired) electrons. The van der Waals surface area contributed by atoms with Gasteiger partial charge in [0, 0.05) is 17.1 Å². The third-order valence-electron chi connectivity index (χ3n) is 3.05. The second kappa shape index (κ2) is 6.89. The van der Waals surface area contributed by atoms with E-state index in [0.717, 1.165) is 11.0 Å². The number of rotatable bonds is 6. The van der Waals surface area contributed by atoms with Crippen molar-refractivity contribution in [2.24, 2.45) is 0 Å². The predicted molar refractivity (Wildman–Crippen MR) is 78.7 cm³/mol. The standard InChI is InChI=1S/C15H18BrNO2/c1-11(9-14(18)15-7-4-8-19-15)17-10-12-5-2-3-6-13(12)16/h2-8,11,14,17-18H,9-10H2,1H3. The van der Waals surface area contributed by atoms with E-state index < -0.39 is 6.10 Å². The van der Waals surface area contributed by atoms with E-state index >= 15 is 0 Å². The number of benzene rings is 1. The van der Waals surface area contributed by atoms with E-state index in [1.807, 2.05) is 18.2 Å². The monoisotopic (exact) mass is 323 g/mol. The molecule has 2 rings (SSSR count). The van der Waals surface area contributed by atoms with Gasteiger partial charge in [0.05, 0.1) is 6.26 Å². The molecule has 1 aromatic heterocycles. The molecule has 0 aliphatic heterocycles. The van der Waals surface area contributed by atoms with E-state index in [0.29, 0.717) is 12.2 Å². The quantitative estimate of drug-likeness (QED) is 0.853. The van der Waals surface area contributed by atoms with E-state index in [4.69, 9.17) is 4.42 Å². The molecule has 3 nitrogen and oxygen atoms in total. The maximum absolute atomic E-state index is 9.99. The summed E-state index contributed by atoms with van der Waals surface area (Å²) in [6.07, 6.45) is 1.65. The highest BCUT2D eigenvalue weighted by Gasteiger charge is 2.14. The van der Waals surface area contributed by atoms with Crippen molar-refractivity contribution in [3.63, 3.8) is 0 Å². The molecule has 1 aromatic carbocycles. The summed E-state index contributed by atoms with van der Waals surface area (Å²) in [7, 11) is 0. The van der Waals surface area contributed by atoms with Gasteiger partial charge in [0.15, 0.2) is 0 Å². The van der Waals surface area contributed by atoms with Crippen molar-refractivity contribution in [1.29, 1.82) is 0 Å². The number of hydrogen-bond acceptors (Lipinski definition) is 3. The SMILES string of the molecule is CC(CC(O)c1ccco1)NCc1ccccc1Br. The Morgan fingerprint density at radius 2 is 2.05 bits per heavy atom. The Hall–Kier alpha value is -1.10. The van der Waals surface area contributed by atoms with Gasteiger partial charge in [0.2, 0.25) is 0 Å². The average molecular weight is 324 g/mol. The summed E-state index contributed by atoms with van der Waals surface area (Å²) in [5, 5.41) is 13.4. The molecule has 0 saturated carbocycles. The van der Waals surface area contributed by atoms with E-state index in [9.17, 15) is 5.11 Å². The van der Waals surface area contributed by atoms with Crippen LogP contribution in [-0.2, 0) is 6.54 Å². The van der Waals surface area contributed by atoms with Crippen LogP contribution in [0.4, 0.5) is 0 Å². The van der Waals surface area contributed by atoms with Crippen LogP contribution in [0.25, 0.3) is 0 Å². The molecule has 2 aromatic rings. The van der Waals surface area contributed by atoms with Gasteiger partial charge in [-0.1, -0.05) is 34.1 Å². The van der Waals surface area contributed by atoms with Crippen LogP contribution in [0.5, 0.6) is 0 Å². The third-order valence-corrected chi connectivity index (χ3v) is 3.82. The van der Waals surface area contributed by atoms with Crippen molar-refractivity contribution < 1.29 is 9.52 Å². The van der Waals surface area contributed by atoms with Gasteiger partial charge >= 0.3 is 0 Å². The van der Waals surface area contributed by atoms with Crippen molar-refractivity contribution in [3.8, 4) is 0 Å². The minimum atomic E-state index is -0.559. The highest BCUT2D eigenvalue weighted by atomic mass is 79.9. The molecule has 102 valence electrons. The Bertz CT molecular complexity index is 499. The summed E-state index contributed by atoms with van der Waals surface area (Å²) in [5.41, 5.74) is 1.21. The van der Waals surface area contributed by atoms with Gasteiger partial charge in [0.25, 0.3) is 0 Å². The predicted octanol–water partition coefficient (Wildman–Crippen LogP) is 3.64. The number of aliphatic hydroxyl groups excluding tert-OH is 1. The second-order valence-electron chi connectivity index (χ2n) is 4.64. The Balaban J connectivity index is 1.82. The molecule has 0 aliphatic carbocycles. The van der Waals surface area contributed by atoms with Gasteiger partial charge in [-0.2, -0.15) is 0 Å². The summed E-state index contributed by atoms with van der Waals surface area (Å²) < 4.78 is 6.29. The molecule has 1 heterocycles. The van der Waals surface area contributed by atoms with Crippen LogP contribution in [0.15, 0.2) is 51.6 Å². The van der Waals surface area contributed by atoms with Crippen molar-refractivity contribution in [2.75, 3.05) is 0 Å². The highest BCUT2D eigenvalue weighted by Crippen LogP contribution is 2.19. The minimum absolute atomic E-state index is 0.201. The maximum atomic E-state index is 9.99. The molecule has 2 atom stereocenters. The van der Waals surface area contributed by atoms with Crippen molar-refractivity contribution in [1.82, 2.24) is 5.32 Å². The lowest BCUT2D eigenvalue weighted by molar-refractivity contribution is 0.128. The first-order valence-corrected chi connectivity index (χ1v) is 7.14. The zero-order valence-electron chi connectivity index (χ0n) is 10.8. The number of halogens is 1. The van der Waals surface area contributed by atoms with Gasteiger partial charge in [-0.15, -0.1) is 0 Å². The van der Waals surface area contributed by atoms with Gasteiger partial charge in [0.1, 0.15) is 11.9 Å². The summed E-state index contributed by atoms with van der Waals surface area (Å²) in [6, 6.07) is 11.9. The zero-order valence-corrected chi connectivity index (χ0v) is 12.4. The fraction of sp³-hybridized carbons (Fsp3) is 0.333. The minimum Gasteiger partial charge on any atom is -0.467 e. The summed E-state index contributed by atoms with van der Waals surface area (Å²) in [5.74, 6) is 0.620. The van der Waals surface area contributed by atoms with Crippen LogP contribution in [0.2, 0.25) is 0 Å². The Labute approximate surface area is 121 Å². The third kappa shape index (κ3) is 4.20. The molecule has 0 saturated heterocycles. The summed E-state index contributed by atoms with van der Waals surface area (Å²) in [4.78, 5) is 0. The largest absolute Gasteiger partial charge is 0.467 e. The molecule has 0 bridgehead atoms. The zero-order chi connectivity index (χ0) is 13.7. The molecule has 2 unspecified atom stereocenters. The van der Waals surface area contributed by atoms with Gasteiger partial charge in [-0.3, -0.25) is 0 Å². The van der Waals surface area contributed by atoms with Crippen LogP contribution < -0.4 is 5.32 Å². The number of hydrogen-bond donors (Lipinski definition) is 2. The fourth-order valence-corrected chi connectivity index (χ4v) is 2.37. The first kappa shape index (κ1) is 14.3. The molecule has 2 N–H and O–H groups in total. The molecule has 19 heavy (non-hydrogen) atoms. The second-order valence-corrected chi connectivity index (χ2v) is 5.49. The normalized spacial score (nSPS) is 14.3. The molecule has 0 amide bonds. The number of aliphatic hydroxyl groups is 1. The fourth-order valence-electron chi connectivity index (χ4n) is 1.94. The maximum Gasteiger partial charge on any atom is 0.132 e. The van der Waals surface area contributed by atoms with Crippen LogP contribution >= 0.6 is 15.9 Å². The Morgan fingerprint density at radius 3 is 2.74 bits per heavy atom. The van der Waals surface area contributed by atoms with Gasteiger partial charge in [-0.25, -0.2) is 0 Å². The average Bonchev–Trinajstić information content (AvgIpc) is 2.91. The van der Waals surface area contributed by atoms with Gasteiger partial charge < -0.3 is 14.8 Å². The number of furan rings is 1. The highest BCUT2D eigenvalue weighted by molar-refractivity contribution is 9.10. The van der Waals surface area contributed by atoms with E-state index in [-0.39, 0.29) is 6.04 Å². The topological polar surface area (TPSA) is 45.4 Å². The van der Waals surface area contributed by atoms with Crippen molar-refractivity contribution in [2.45, 2.75) is 32.0 Å². The lowest BCUT2D eigenvalue weighted by Gasteiger charge is -2.17. The number of nitrogens with one attached hydrogen (secondary N) is 1. The van der Waals surface area contributed by atoms with Crippen molar-refractivity contribution in [3.05, 3.63) is 58.5 Å². The molecular formula is C15H18BrNO2. The molecule has 4 heteroatoms. The lowest BCUT2D eigenvalue weighted by Crippen LogP contribution is -2.27. The lowest BCUT2D eigenvalue weighted by atomic mass is 10.1. The van der Waals surface area contributed by atoms with E-state index in [1.54, 1.807) is 18.4 Å². The van der Waals surface area contributed by atoms with Gasteiger partial charge in [-0.05, 0) is 37.1 Å².